The van der Waals surface area contributed by atoms with Gasteiger partial charge in [0.05, 0.1) is 6.54 Å². The average molecular weight is 533 g/mol. The van der Waals surface area contributed by atoms with E-state index in [1.54, 1.807) is 13.8 Å². The van der Waals surface area contributed by atoms with Crippen LogP contribution < -0.4 is 16.0 Å². The highest BCUT2D eigenvalue weighted by molar-refractivity contribution is 8.13. The van der Waals surface area contributed by atoms with Crippen molar-refractivity contribution in [3.63, 3.8) is 0 Å². The molecule has 0 spiro atoms. The lowest BCUT2D eigenvalue weighted by Crippen LogP contribution is -2.64. The monoisotopic (exact) mass is 532 g/mol. The Morgan fingerprint density at radius 3 is 2.32 bits per heavy atom. The fourth-order valence-corrected chi connectivity index (χ4v) is 4.70. The second-order valence-electron chi connectivity index (χ2n) is 10.2. The Kier molecular flexibility index (Phi) is 11.6. The minimum Gasteiger partial charge on any atom is -0.343 e. The van der Waals surface area contributed by atoms with Gasteiger partial charge in [-0.05, 0) is 46.1 Å². The summed E-state index contributed by atoms with van der Waals surface area (Å²) in [6.45, 7) is 8.09. The van der Waals surface area contributed by atoms with Crippen LogP contribution in [0, 0.1) is 0 Å². The molecule has 1 heterocycles. The van der Waals surface area contributed by atoms with E-state index < -0.39 is 35.3 Å². The molecule has 1 aliphatic heterocycles. The maximum atomic E-state index is 13.6. The van der Waals surface area contributed by atoms with Gasteiger partial charge in [-0.25, -0.2) is 0 Å². The minimum atomic E-state index is -1.31. The summed E-state index contributed by atoms with van der Waals surface area (Å²) in [5.74, 6) is -1.01. The zero-order valence-corrected chi connectivity index (χ0v) is 23.3. The molecule has 9 nitrogen and oxygen atoms in total. The Morgan fingerprint density at radius 2 is 1.70 bits per heavy atom. The second-order valence-corrected chi connectivity index (χ2v) is 11.5. The van der Waals surface area contributed by atoms with Crippen molar-refractivity contribution in [2.24, 2.45) is 0 Å². The van der Waals surface area contributed by atoms with E-state index in [2.05, 4.69) is 16.0 Å². The zero-order chi connectivity index (χ0) is 27.6. The summed E-state index contributed by atoms with van der Waals surface area (Å²) in [5.41, 5.74) is -0.445. The lowest BCUT2D eigenvalue weighted by atomic mass is 9.98. The number of unbranched alkanes of at least 4 members (excludes halogenated alkanes) is 2. The number of amides is 4. The van der Waals surface area contributed by atoms with Crippen LogP contribution in [0.2, 0.25) is 0 Å². The van der Waals surface area contributed by atoms with Gasteiger partial charge in [-0.3, -0.25) is 24.0 Å². The largest absolute Gasteiger partial charge is 0.343 e. The van der Waals surface area contributed by atoms with E-state index in [-0.39, 0.29) is 30.0 Å². The summed E-state index contributed by atoms with van der Waals surface area (Å²) in [4.78, 5) is 65.5. The number of nitrogens with one attached hydrogen (secondary N) is 3. The molecule has 1 saturated heterocycles. The Bertz CT molecular complexity index is 967. The van der Waals surface area contributed by atoms with E-state index in [0.717, 1.165) is 18.4 Å². The molecule has 2 atom stereocenters. The average Bonchev–Trinajstić information content (AvgIpc) is 2.82. The lowest BCUT2D eigenvalue weighted by molar-refractivity contribution is -0.144. The van der Waals surface area contributed by atoms with Gasteiger partial charge in [0.1, 0.15) is 17.6 Å². The van der Waals surface area contributed by atoms with Gasteiger partial charge in [0.2, 0.25) is 23.6 Å². The number of carbonyl (C=O) groups excluding carboxylic acids is 5. The van der Waals surface area contributed by atoms with E-state index in [1.165, 1.54) is 23.6 Å². The predicted molar refractivity (Wildman–Crippen MR) is 145 cm³/mol. The smallest absolute Gasteiger partial charge is 0.246 e. The molecular formula is C27H40N4O5S. The summed E-state index contributed by atoms with van der Waals surface area (Å²) in [7, 11) is 0. The van der Waals surface area contributed by atoms with Crippen LogP contribution >= 0.6 is 11.8 Å². The van der Waals surface area contributed by atoms with Crippen LogP contribution in [-0.2, 0) is 30.4 Å². The number of thioether (sulfide) groups is 1. The molecule has 1 fully saturated rings. The van der Waals surface area contributed by atoms with Crippen molar-refractivity contribution in [2.75, 3.05) is 12.3 Å². The molecular weight excluding hydrogens is 492 g/mol. The molecule has 0 radical (unpaired) electrons. The van der Waals surface area contributed by atoms with E-state index in [4.69, 9.17) is 0 Å². The number of hydrogen-bond donors (Lipinski definition) is 3. The summed E-state index contributed by atoms with van der Waals surface area (Å²) in [6.07, 6.45) is 2.91. The SMILES string of the molecule is CC(=O)SCCCCC[C@@H]1NC(=O)CN(C(C)C)C(=O)[C@H](Cc2ccccc2)NC(=O)C(C)(C)NC1=O. The molecule has 1 aliphatic rings. The molecule has 0 aliphatic carbocycles. The summed E-state index contributed by atoms with van der Waals surface area (Å²) >= 11 is 1.27. The number of rotatable bonds is 9. The molecule has 0 aromatic heterocycles. The molecule has 0 bridgehead atoms. The van der Waals surface area contributed by atoms with Crippen molar-refractivity contribution in [1.29, 1.82) is 0 Å². The quantitative estimate of drug-likeness (QED) is 0.419. The van der Waals surface area contributed by atoms with E-state index in [9.17, 15) is 24.0 Å². The van der Waals surface area contributed by atoms with Crippen LogP contribution in [-0.4, -0.2) is 69.6 Å². The Balaban J connectivity index is 2.24. The van der Waals surface area contributed by atoms with Crippen molar-refractivity contribution in [2.45, 2.75) is 90.4 Å². The van der Waals surface area contributed by atoms with Crippen LogP contribution in [0.4, 0.5) is 0 Å². The number of nitrogens with zero attached hydrogens (tertiary/aromatic N) is 1. The number of hydrogen-bond acceptors (Lipinski definition) is 6. The maximum absolute atomic E-state index is 13.6. The highest BCUT2D eigenvalue weighted by Crippen LogP contribution is 2.14. The van der Waals surface area contributed by atoms with Gasteiger partial charge in [-0.15, -0.1) is 0 Å². The van der Waals surface area contributed by atoms with Crippen molar-refractivity contribution in [1.82, 2.24) is 20.9 Å². The van der Waals surface area contributed by atoms with Crippen LogP contribution in [0.1, 0.15) is 65.9 Å². The highest BCUT2D eigenvalue weighted by atomic mass is 32.2. The van der Waals surface area contributed by atoms with Gasteiger partial charge in [-0.1, -0.05) is 54.9 Å². The minimum absolute atomic E-state index is 0.0710. The van der Waals surface area contributed by atoms with Crippen LogP contribution in [0.15, 0.2) is 30.3 Å². The summed E-state index contributed by atoms with van der Waals surface area (Å²) in [6, 6.07) is 7.30. The predicted octanol–water partition coefficient (Wildman–Crippen LogP) is 2.18. The van der Waals surface area contributed by atoms with Crippen LogP contribution in [0.5, 0.6) is 0 Å². The molecule has 3 N–H and O–H groups in total. The van der Waals surface area contributed by atoms with Gasteiger partial charge in [-0.2, -0.15) is 0 Å². The number of carbonyl (C=O) groups is 5. The van der Waals surface area contributed by atoms with Crippen molar-refractivity contribution in [3.8, 4) is 0 Å². The Morgan fingerprint density at radius 1 is 1.03 bits per heavy atom. The van der Waals surface area contributed by atoms with Crippen LogP contribution in [0.25, 0.3) is 0 Å². The van der Waals surface area contributed by atoms with Gasteiger partial charge < -0.3 is 20.9 Å². The lowest BCUT2D eigenvalue weighted by Gasteiger charge is -2.35. The van der Waals surface area contributed by atoms with Gasteiger partial charge in [0.15, 0.2) is 5.12 Å². The first-order valence-corrected chi connectivity index (χ1v) is 13.8. The summed E-state index contributed by atoms with van der Waals surface area (Å²) < 4.78 is 0. The highest BCUT2D eigenvalue weighted by Gasteiger charge is 2.38. The third-order valence-corrected chi connectivity index (χ3v) is 7.10. The molecule has 37 heavy (non-hydrogen) atoms. The van der Waals surface area contributed by atoms with Crippen molar-refractivity contribution < 1.29 is 24.0 Å². The standard InChI is InChI=1S/C27H40N4O5S/c1-18(2)31-17-23(33)28-21(14-10-7-11-15-37-19(3)32)24(34)30-27(4,5)26(36)29-22(25(31)35)16-20-12-8-6-9-13-20/h6,8-9,12-13,18,21-22H,7,10-11,14-17H2,1-5H3,(H,28,33)(H,29,36)(H,30,34)/t21-,22-/m0/s1. The Labute approximate surface area is 223 Å². The third-order valence-electron chi connectivity index (χ3n) is 6.20. The van der Waals surface area contributed by atoms with Crippen molar-refractivity contribution >= 4 is 40.5 Å². The second kappa shape index (κ2) is 14.2. The molecule has 2 rings (SSSR count). The third kappa shape index (κ3) is 9.83. The molecule has 1 aromatic carbocycles. The van der Waals surface area contributed by atoms with E-state index >= 15 is 0 Å². The zero-order valence-electron chi connectivity index (χ0n) is 22.5. The van der Waals surface area contributed by atoms with Gasteiger partial charge >= 0.3 is 0 Å². The van der Waals surface area contributed by atoms with Gasteiger partial charge in [0.25, 0.3) is 0 Å². The molecule has 204 valence electrons. The molecule has 0 saturated carbocycles. The topological polar surface area (TPSA) is 125 Å². The first-order valence-electron chi connectivity index (χ1n) is 12.8. The molecule has 10 heteroatoms. The van der Waals surface area contributed by atoms with Crippen molar-refractivity contribution in [3.05, 3.63) is 35.9 Å². The maximum Gasteiger partial charge on any atom is 0.246 e. The van der Waals surface area contributed by atoms with E-state index in [1.807, 2.05) is 44.2 Å². The fraction of sp³-hybridized carbons (Fsp3) is 0.593. The van der Waals surface area contributed by atoms with Gasteiger partial charge in [0, 0.05) is 25.1 Å². The first kappa shape index (κ1) is 30.3. The Hall–Kier alpha value is -2.88. The first-order chi connectivity index (χ1) is 17.4. The van der Waals surface area contributed by atoms with E-state index in [0.29, 0.717) is 18.6 Å². The molecule has 1 aromatic rings. The number of benzene rings is 1. The summed E-state index contributed by atoms with van der Waals surface area (Å²) in [5, 5.41) is 8.43. The van der Waals surface area contributed by atoms with Crippen LogP contribution in [0.3, 0.4) is 0 Å². The molecule has 4 amide bonds. The fourth-order valence-electron chi connectivity index (χ4n) is 4.06. The normalized spacial score (nSPS) is 21.0. The molecule has 0 unspecified atom stereocenters.